The number of hydrogen-bond donors (Lipinski definition) is 1. The summed E-state index contributed by atoms with van der Waals surface area (Å²) < 4.78 is 50.1. The SMILES string of the molecule is CC(C)OP(=O)(OC(C)C)C(CCCS)P(=O)(OC(C)C)OC(C)C. The van der Waals surface area contributed by atoms with Crippen molar-refractivity contribution in [2.24, 2.45) is 0 Å². The van der Waals surface area contributed by atoms with Crippen LogP contribution in [0.25, 0.3) is 0 Å². The van der Waals surface area contributed by atoms with Gasteiger partial charge in [-0.1, -0.05) is 0 Å². The summed E-state index contributed by atoms with van der Waals surface area (Å²) in [6, 6.07) is 0. The lowest BCUT2D eigenvalue weighted by molar-refractivity contribution is 0.121. The van der Waals surface area contributed by atoms with Gasteiger partial charge < -0.3 is 18.1 Å². The van der Waals surface area contributed by atoms with Gasteiger partial charge in [0.15, 0.2) is 5.40 Å². The fourth-order valence-corrected chi connectivity index (χ4v) is 8.50. The van der Waals surface area contributed by atoms with Gasteiger partial charge in [0.1, 0.15) is 0 Å². The second kappa shape index (κ2) is 11.5. The molecule has 0 atom stereocenters. The Morgan fingerprint density at radius 2 is 0.960 bits per heavy atom. The summed E-state index contributed by atoms with van der Waals surface area (Å²) in [7, 11) is -7.50. The summed E-state index contributed by atoms with van der Waals surface area (Å²) in [5.74, 6) is 0.559. The first-order chi connectivity index (χ1) is 11.4. The van der Waals surface area contributed by atoms with Crippen LogP contribution in [0.1, 0.15) is 68.2 Å². The first-order valence-corrected chi connectivity index (χ1v) is 12.8. The summed E-state index contributed by atoms with van der Waals surface area (Å²) >= 11 is 4.22. The molecule has 0 saturated heterocycles. The highest BCUT2D eigenvalue weighted by molar-refractivity contribution is 7.80. The molecule has 0 aliphatic carbocycles. The molecule has 0 amide bonds. The zero-order valence-electron chi connectivity index (χ0n) is 16.8. The van der Waals surface area contributed by atoms with Gasteiger partial charge in [0, 0.05) is 0 Å². The smallest absolute Gasteiger partial charge is 0.305 e. The van der Waals surface area contributed by atoms with E-state index < -0.39 is 20.6 Å². The third kappa shape index (κ3) is 9.41. The summed E-state index contributed by atoms with van der Waals surface area (Å²) in [5.41, 5.74) is 0. The van der Waals surface area contributed by atoms with E-state index in [1.165, 1.54) is 0 Å². The lowest BCUT2D eigenvalue weighted by Crippen LogP contribution is -2.23. The molecule has 0 fully saturated rings. The molecular weight excluding hydrogens is 382 g/mol. The molecule has 0 saturated carbocycles. The van der Waals surface area contributed by atoms with Gasteiger partial charge in [-0.3, -0.25) is 9.13 Å². The van der Waals surface area contributed by atoms with Crippen molar-refractivity contribution in [3.63, 3.8) is 0 Å². The molecule has 0 bridgehead atoms. The maximum atomic E-state index is 13.6. The lowest BCUT2D eigenvalue weighted by atomic mass is 10.4. The average molecular weight is 418 g/mol. The van der Waals surface area contributed by atoms with E-state index in [1.807, 2.05) is 0 Å². The van der Waals surface area contributed by atoms with Crippen molar-refractivity contribution >= 4 is 27.8 Å². The van der Waals surface area contributed by atoms with Crippen LogP contribution >= 0.6 is 27.8 Å². The molecule has 0 heterocycles. The lowest BCUT2D eigenvalue weighted by Gasteiger charge is -2.35. The van der Waals surface area contributed by atoms with Crippen molar-refractivity contribution in [3.8, 4) is 0 Å². The summed E-state index contributed by atoms with van der Waals surface area (Å²) in [6.07, 6.45) is -0.502. The minimum atomic E-state index is -3.75. The van der Waals surface area contributed by atoms with Gasteiger partial charge >= 0.3 is 15.2 Å². The normalized spacial score (nSPS) is 13.8. The standard InChI is InChI=1S/C16H36O6P2S/c1-12(2)19-23(17,20-13(3)4)16(10-9-11-25)24(18,21-14(5)6)22-15(7)8/h12-16,25H,9-11H2,1-8H3. The van der Waals surface area contributed by atoms with Crippen LogP contribution in [0, 0.1) is 0 Å². The minimum absolute atomic E-state index is 0.316. The Morgan fingerprint density at radius 1 is 0.680 bits per heavy atom. The molecule has 152 valence electrons. The summed E-state index contributed by atoms with van der Waals surface area (Å²) in [6.45, 7) is 14.1. The fourth-order valence-electron chi connectivity index (χ4n) is 2.27. The third-order valence-corrected chi connectivity index (χ3v) is 9.63. The molecule has 0 radical (unpaired) electrons. The summed E-state index contributed by atoms with van der Waals surface area (Å²) in [5, 5.41) is -0.984. The van der Waals surface area contributed by atoms with Crippen LogP contribution < -0.4 is 0 Å². The predicted molar refractivity (Wildman–Crippen MR) is 107 cm³/mol. The Morgan fingerprint density at radius 3 is 1.16 bits per heavy atom. The second-order valence-corrected chi connectivity index (χ2v) is 12.1. The maximum Gasteiger partial charge on any atom is 0.346 e. The number of hydrogen-bond acceptors (Lipinski definition) is 7. The number of thiol groups is 1. The van der Waals surface area contributed by atoms with Crippen molar-refractivity contribution < 1.29 is 27.2 Å². The molecule has 0 aromatic carbocycles. The van der Waals surface area contributed by atoms with E-state index in [4.69, 9.17) is 18.1 Å². The molecule has 0 aromatic heterocycles. The van der Waals surface area contributed by atoms with Gasteiger partial charge in [-0.2, -0.15) is 12.6 Å². The second-order valence-electron chi connectivity index (χ2n) is 7.04. The van der Waals surface area contributed by atoms with Crippen molar-refractivity contribution in [2.45, 2.75) is 98.0 Å². The van der Waals surface area contributed by atoms with Crippen LogP contribution in [0.3, 0.4) is 0 Å². The molecule has 0 N–H and O–H groups in total. The molecule has 0 rings (SSSR count). The van der Waals surface area contributed by atoms with E-state index >= 15 is 0 Å². The topological polar surface area (TPSA) is 71.1 Å². The molecule has 0 unspecified atom stereocenters. The predicted octanol–water partition coefficient (Wildman–Crippen LogP) is 6.11. The van der Waals surface area contributed by atoms with Crippen LogP contribution in [-0.2, 0) is 27.2 Å². The zero-order chi connectivity index (χ0) is 19.8. The number of rotatable bonds is 13. The monoisotopic (exact) mass is 418 g/mol. The fraction of sp³-hybridized carbons (Fsp3) is 1.00. The quantitative estimate of drug-likeness (QED) is 0.287. The van der Waals surface area contributed by atoms with Crippen LogP contribution in [0.5, 0.6) is 0 Å². The van der Waals surface area contributed by atoms with Gasteiger partial charge in [-0.05, 0) is 74.0 Å². The van der Waals surface area contributed by atoms with E-state index in [0.29, 0.717) is 18.6 Å². The van der Waals surface area contributed by atoms with E-state index in [1.54, 1.807) is 55.4 Å². The maximum absolute atomic E-state index is 13.6. The largest absolute Gasteiger partial charge is 0.346 e. The van der Waals surface area contributed by atoms with Crippen molar-refractivity contribution in [3.05, 3.63) is 0 Å². The van der Waals surface area contributed by atoms with Crippen molar-refractivity contribution in [1.29, 1.82) is 0 Å². The Hall–Kier alpha value is 0.650. The van der Waals surface area contributed by atoms with Gasteiger partial charge in [0.25, 0.3) is 0 Å². The highest BCUT2D eigenvalue weighted by atomic mass is 32.1. The van der Waals surface area contributed by atoms with E-state index in [2.05, 4.69) is 12.6 Å². The Balaban J connectivity index is 6.07. The molecule has 0 aliphatic heterocycles. The van der Waals surface area contributed by atoms with Gasteiger partial charge in [0.05, 0.1) is 24.4 Å². The highest BCUT2D eigenvalue weighted by Crippen LogP contribution is 2.73. The molecule has 0 aromatic rings. The average Bonchev–Trinajstić information content (AvgIpc) is 2.33. The Labute approximate surface area is 159 Å². The van der Waals surface area contributed by atoms with Gasteiger partial charge in [-0.15, -0.1) is 0 Å². The minimum Gasteiger partial charge on any atom is -0.305 e. The molecular formula is C16H36O6P2S. The van der Waals surface area contributed by atoms with Crippen LogP contribution in [0.4, 0.5) is 0 Å². The molecule has 6 nitrogen and oxygen atoms in total. The van der Waals surface area contributed by atoms with Crippen LogP contribution in [0.2, 0.25) is 0 Å². The van der Waals surface area contributed by atoms with Crippen LogP contribution in [0.15, 0.2) is 0 Å². The molecule has 25 heavy (non-hydrogen) atoms. The van der Waals surface area contributed by atoms with Gasteiger partial charge in [0.2, 0.25) is 0 Å². The molecule has 0 spiro atoms. The Bertz CT molecular complexity index is 402. The summed E-state index contributed by atoms with van der Waals surface area (Å²) in [4.78, 5) is 0. The third-order valence-electron chi connectivity index (χ3n) is 2.78. The van der Waals surface area contributed by atoms with E-state index in [-0.39, 0.29) is 24.4 Å². The zero-order valence-corrected chi connectivity index (χ0v) is 19.5. The highest BCUT2D eigenvalue weighted by Gasteiger charge is 2.52. The van der Waals surface area contributed by atoms with E-state index in [0.717, 1.165) is 0 Å². The first-order valence-electron chi connectivity index (χ1n) is 8.90. The van der Waals surface area contributed by atoms with Crippen LogP contribution in [-0.4, -0.2) is 35.6 Å². The first kappa shape index (κ1) is 25.6. The van der Waals surface area contributed by atoms with Gasteiger partial charge in [-0.25, -0.2) is 0 Å². The van der Waals surface area contributed by atoms with Crippen molar-refractivity contribution in [2.75, 3.05) is 5.75 Å². The Kier molecular flexibility index (Phi) is 11.8. The molecule has 9 heteroatoms. The van der Waals surface area contributed by atoms with E-state index in [9.17, 15) is 9.13 Å². The van der Waals surface area contributed by atoms with Crippen molar-refractivity contribution in [1.82, 2.24) is 0 Å². The molecule has 0 aliphatic rings.